The molecule has 0 bridgehead atoms. The number of hydrogen-bond donors (Lipinski definition) is 0. The molecule has 15 heavy (non-hydrogen) atoms. The Kier molecular flexibility index (Phi) is 4.03. The zero-order valence-electron chi connectivity index (χ0n) is 8.54. The summed E-state index contributed by atoms with van der Waals surface area (Å²) in [4.78, 5) is 22.1. The van der Waals surface area contributed by atoms with Crippen molar-refractivity contribution in [2.75, 3.05) is 7.11 Å². The highest BCUT2D eigenvalue weighted by Crippen LogP contribution is 2.17. The first-order valence-electron chi connectivity index (χ1n) is 4.40. The van der Waals surface area contributed by atoms with E-state index in [2.05, 4.69) is 20.7 Å². The van der Waals surface area contributed by atoms with Gasteiger partial charge in [0.25, 0.3) is 0 Å². The molecule has 0 saturated carbocycles. The second-order valence-electron chi connectivity index (χ2n) is 3.18. The standard InChI is InChI=1S/C11H11BrO3/c1-7-5-8(3-4-9(7)12)6-10(13)11(14)15-2/h3-5H,6H2,1-2H3. The molecule has 0 aliphatic rings. The number of halogens is 1. The maximum absolute atomic E-state index is 11.3. The van der Waals surface area contributed by atoms with Gasteiger partial charge in [0.1, 0.15) is 0 Å². The van der Waals surface area contributed by atoms with Crippen molar-refractivity contribution >= 4 is 27.7 Å². The number of Topliss-reactive ketones (excluding diaryl/α,β-unsaturated/α-hetero) is 1. The third-order valence-electron chi connectivity index (χ3n) is 2.00. The number of esters is 1. The highest BCUT2D eigenvalue weighted by molar-refractivity contribution is 9.10. The van der Waals surface area contributed by atoms with Crippen LogP contribution in [-0.4, -0.2) is 18.9 Å². The van der Waals surface area contributed by atoms with E-state index in [1.54, 1.807) is 6.07 Å². The van der Waals surface area contributed by atoms with Crippen molar-refractivity contribution in [3.63, 3.8) is 0 Å². The van der Waals surface area contributed by atoms with Crippen LogP contribution in [0.25, 0.3) is 0 Å². The molecule has 0 atom stereocenters. The fourth-order valence-electron chi connectivity index (χ4n) is 1.19. The molecule has 0 heterocycles. The average Bonchev–Trinajstić information content (AvgIpc) is 2.22. The zero-order valence-corrected chi connectivity index (χ0v) is 10.1. The minimum atomic E-state index is -0.796. The van der Waals surface area contributed by atoms with Crippen molar-refractivity contribution in [3.8, 4) is 0 Å². The Balaban J connectivity index is 2.77. The minimum absolute atomic E-state index is 0.0841. The Labute approximate surface area is 96.6 Å². The van der Waals surface area contributed by atoms with Crippen LogP contribution in [0.2, 0.25) is 0 Å². The first kappa shape index (κ1) is 11.9. The fourth-order valence-corrected chi connectivity index (χ4v) is 1.43. The highest BCUT2D eigenvalue weighted by Gasteiger charge is 2.14. The van der Waals surface area contributed by atoms with Gasteiger partial charge in [-0.3, -0.25) is 4.79 Å². The molecule has 0 aliphatic heterocycles. The summed E-state index contributed by atoms with van der Waals surface area (Å²) in [7, 11) is 1.20. The summed E-state index contributed by atoms with van der Waals surface area (Å²) in [6.07, 6.45) is 0.0841. The fraction of sp³-hybridized carbons (Fsp3) is 0.273. The number of hydrogen-bond acceptors (Lipinski definition) is 3. The Hall–Kier alpha value is -1.16. The van der Waals surface area contributed by atoms with Gasteiger partial charge in [-0.2, -0.15) is 0 Å². The Morgan fingerprint density at radius 1 is 1.40 bits per heavy atom. The molecule has 0 N–H and O–H groups in total. The molecular weight excluding hydrogens is 260 g/mol. The first-order valence-corrected chi connectivity index (χ1v) is 5.20. The average molecular weight is 271 g/mol. The maximum Gasteiger partial charge on any atom is 0.374 e. The van der Waals surface area contributed by atoms with Crippen molar-refractivity contribution in [1.82, 2.24) is 0 Å². The Morgan fingerprint density at radius 2 is 2.07 bits per heavy atom. The van der Waals surface area contributed by atoms with Gasteiger partial charge in [-0.05, 0) is 24.1 Å². The highest BCUT2D eigenvalue weighted by atomic mass is 79.9. The van der Waals surface area contributed by atoms with E-state index in [0.29, 0.717) is 0 Å². The molecule has 0 aromatic heterocycles. The second kappa shape index (κ2) is 5.07. The summed E-state index contributed by atoms with van der Waals surface area (Å²) in [5, 5.41) is 0. The molecule has 0 fully saturated rings. The number of rotatable bonds is 3. The van der Waals surface area contributed by atoms with Gasteiger partial charge in [-0.1, -0.05) is 28.1 Å². The van der Waals surface area contributed by atoms with E-state index >= 15 is 0 Å². The van der Waals surface area contributed by atoms with Crippen LogP contribution in [0.1, 0.15) is 11.1 Å². The van der Waals surface area contributed by atoms with Crippen LogP contribution < -0.4 is 0 Å². The third-order valence-corrected chi connectivity index (χ3v) is 2.89. The predicted octanol–water partition coefficient (Wildman–Crippen LogP) is 2.04. The number of ether oxygens (including phenoxy) is 1. The molecule has 80 valence electrons. The molecule has 0 saturated heterocycles. The Bertz CT molecular complexity index is 399. The van der Waals surface area contributed by atoms with Crippen LogP contribution in [-0.2, 0) is 20.7 Å². The smallest absolute Gasteiger partial charge is 0.374 e. The number of benzene rings is 1. The number of carbonyl (C=O) groups excluding carboxylic acids is 2. The van der Waals surface area contributed by atoms with Crippen LogP contribution in [0.15, 0.2) is 22.7 Å². The normalized spacial score (nSPS) is 9.80. The number of methoxy groups -OCH3 is 1. The molecule has 0 aliphatic carbocycles. The molecular formula is C11H11BrO3. The van der Waals surface area contributed by atoms with Crippen molar-refractivity contribution in [2.24, 2.45) is 0 Å². The van der Waals surface area contributed by atoms with Crippen LogP contribution in [0, 0.1) is 6.92 Å². The molecule has 1 aromatic rings. The lowest BCUT2D eigenvalue weighted by atomic mass is 10.1. The number of ketones is 1. The molecule has 0 spiro atoms. The third kappa shape index (κ3) is 3.16. The van der Waals surface area contributed by atoms with Gasteiger partial charge < -0.3 is 4.74 Å². The summed E-state index contributed by atoms with van der Waals surface area (Å²) in [6, 6.07) is 5.53. The van der Waals surface area contributed by atoms with Crippen molar-refractivity contribution in [2.45, 2.75) is 13.3 Å². The quantitative estimate of drug-likeness (QED) is 0.624. The van der Waals surface area contributed by atoms with Gasteiger partial charge in [0, 0.05) is 10.9 Å². The van der Waals surface area contributed by atoms with E-state index in [1.165, 1.54) is 7.11 Å². The number of carbonyl (C=O) groups is 2. The second-order valence-corrected chi connectivity index (χ2v) is 4.03. The SMILES string of the molecule is COC(=O)C(=O)Cc1ccc(Br)c(C)c1. The van der Waals surface area contributed by atoms with Gasteiger partial charge >= 0.3 is 5.97 Å². The minimum Gasteiger partial charge on any atom is -0.463 e. The lowest BCUT2D eigenvalue weighted by molar-refractivity contribution is -0.151. The molecule has 0 amide bonds. The van der Waals surface area contributed by atoms with E-state index in [9.17, 15) is 9.59 Å². The van der Waals surface area contributed by atoms with Gasteiger partial charge in [0.15, 0.2) is 0 Å². The maximum atomic E-state index is 11.3. The van der Waals surface area contributed by atoms with E-state index in [4.69, 9.17) is 0 Å². The summed E-state index contributed by atoms with van der Waals surface area (Å²) < 4.78 is 5.32. The summed E-state index contributed by atoms with van der Waals surface area (Å²) in [6.45, 7) is 1.93. The number of aryl methyl sites for hydroxylation is 1. The summed E-state index contributed by atoms with van der Waals surface area (Å²) in [5.41, 5.74) is 1.84. The molecule has 0 radical (unpaired) electrons. The van der Waals surface area contributed by atoms with Gasteiger partial charge in [-0.25, -0.2) is 4.79 Å². The lowest BCUT2D eigenvalue weighted by Gasteiger charge is -2.02. The molecule has 1 rings (SSSR count). The van der Waals surface area contributed by atoms with Gasteiger partial charge in [0.2, 0.25) is 5.78 Å². The molecule has 1 aromatic carbocycles. The van der Waals surface area contributed by atoms with Gasteiger partial charge in [-0.15, -0.1) is 0 Å². The largest absolute Gasteiger partial charge is 0.463 e. The van der Waals surface area contributed by atoms with E-state index in [-0.39, 0.29) is 6.42 Å². The Morgan fingerprint density at radius 3 is 2.60 bits per heavy atom. The topological polar surface area (TPSA) is 43.4 Å². The zero-order chi connectivity index (χ0) is 11.4. The van der Waals surface area contributed by atoms with Crippen LogP contribution in [0.3, 0.4) is 0 Å². The molecule has 0 unspecified atom stereocenters. The lowest BCUT2D eigenvalue weighted by Crippen LogP contribution is -2.17. The predicted molar refractivity (Wildman–Crippen MR) is 59.6 cm³/mol. The van der Waals surface area contributed by atoms with E-state index in [0.717, 1.165) is 15.6 Å². The van der Waals surface area contributed by atoms with Crippen molar-refractivity contribution in [3.05, 3.63) is 33.8 Å². The van der Waals surface area contributed by atoms with Gasteiger partial charge in [0.05, 0.1) is 7.11 Å². The van der Waals surface area contributed by atoms with Crippen molar-refractivity contribution < 1.29 is 14.3 Å². The summed E-state index contributed by atoms with van der Waals surface area (Å²) >= 11 is 3.36. The van der Waals surface area contributed by atoms with Crippen LogP contribution >= 0.6 is 15.9 Å². The van der Waals surface area contributed by atoms with Crippen LogP contribution in [0.5, 0.6) is 0 Å². The summed E-state index contributed by atoms with van der Waals surface area (Å²) in [5.74, 6) is -1.32. The molecule has 3 nitrogen and oxygen atoms in total. The van der Waals surface area contributed by atoms with Crippen molar-refractivity contribution in [1.29, 1.82) is 0 Å². The van der Waals surface area contributed by atoms with E-state index < -0.39 is 11.8 Å². The van der Waals surface area contributed by atoms with E-state index in [1.807, 2.05) is 19.1 Å². The molecule has 4 heteroatoms. The van der Waals surface area contributed by atoms with Crippen LogP contribution in [0.4, 0.5) is 0 Å². The first-order chi connectivity index (χ1) is 7.04. The monoisotopic (exact) mass is 270 g/mol.